The zero-order chi connectivity index (χ0) is 11.7. The molecule has 2 aliphatic rings. The summed E-state index contributed by atoms with van der Waals surface area (Å²) in [6, 6.07) is 0. The van der Waals surface area contributed by atoms with Gasteiger partial charge in [0.15, 0.2) is 0 Å². The summed E-state index contributed by atoms with van der Waals surface area (Å²) in [5.41, 5.74) is 2.64. The molecule has 1 unspecified atom stereocenters. The zero-order valence-corrected chi connectivity index (χ0v) is 12.9. The van der Waals surface area contributed by atoms with Crippen molar-refractivity contribution in [3.8, 4) is 0 Å². The molecule has 0 aromatic carbocycles. The number of nitrogens with zero attached hydrogens (tertiary/aromatic N) is 3. The van der Waals surface area contributed by atoms with Crippen LogP contribution in [0.25, 0.3) is 0 Å². The number of hydrogen-bond donors (Lipinski definition) is 1. The van der Waals surface area contributed by atoms with E-state index in [1.807, 2.05) is 19.3 Å². The number of halogens is 2. The summed E-state index contributed by atoms with van der Waals surface area (Å²) in [6.45, 7) is 7.74. The Bertz CT molecular complexity index is 390. The molecule has 108 valence electrons. The van der Waals surface area contributed by atoms with E-state index in [0.29, 0.717) is 5.41 Å². The Morgan fingerprint density at radius 3 is 2.74 bits per heavy atom. The van der Waals surface area contributed by atoms with E-state index in [1.165, 1.54) is 39.0 Å². The van der Waals surface area contributed by atoms with Gasteiger partial charge in [0.25, 0.3) is 0 Å². The first-order chi connectivity index (χ1) is 8.26. The zero-order valence-electron chi connectivity index (χ0n) is 11.3. The Labute approximate surface area is 127 Å². The molecule has 19 heavy (non-hydrogen) atoms. The van der Waals surface area contributed by atoms with E-state index in [9.17, 15) is 0 Å². The Balaban J connectivity index is 0.000000902. The monoisotopic (exact) mass is 304 g/mol. The molecule has 2 aliphatic heterocycles. The fourth-order valence-corrected chi connectivity index (χ4v) is 3.04. The Morgan fingerprint density at radius 1 is 1.26 bits per heavy atom. The van der Waals surface area contributed by atoms with E-state index in [-0.39, 0.29) is 24.8 Å². The molecule has 6 heteroatoms. The van der Waals surface area contributed by atoms with Crippen molar-refractivity contribution in [2.24, 2.45) is 5.41 Å². The molecule has 1 atom stereocenters. The molecule has 0 radical (unpaired) electrons. The number of hydrogen-bond acceptors (Lipinski definition) is 4. The molecule has 0 amide bonds. The van der Waals surface area contributed by atoms with Crippen molar-refractivity contribution in [3.63, 3.8) is 0 Å². The third-order valence-electron chi connectivity index (χ3n) is 4.07. The van der Waals surface area contributed by atoms with Crippen LogP contribution in [0.3, 0.4) is 0 Å². The number of likely N-dealkylation sites (tertiary alicyclic amines) is 1. The van der Waals surface area contributed by atoms with Crippen molar-refractivity contribution < 1.29 is 0 Å². The molecular weight excluding hydrogens is 283 g/mol. The third-order valence-corrected chi connectivity index (χ3v) is 4.07. The first-order valence-electron chi connectivity index (χ1n) is 6.46. The minimum absolute atomic E-state index is 0. The quantitative estimate of drug-likeness (QED) is 0.905. The second kappa shape index (κ2) is 6.84. The fraction of sp³-hybridized carbons (Fsp3) is 0.692. The molecule has 3 rings (SSSR count). The van der Waals surface area contributed by atoms with E-state index in [2.05, 4.69) is 20.2 Å². The molecule has 0 bridgehead atoms. The summed E-state index contributed by atoms with van der Waals surface area (Å²) < 4.78 is 0. The van der Waals surface area contributed by atoms with Crippen molar-refractivity contribution in [1.29, 1.82) is 0 Å². The second-order valence-electron chi connectivity index (χ2n) is 5.54. The summed E-state index contributed by atoms with van der Waals surface area (Å²) in [7, 11) is 0. The number of rotatable bonds is 2. The summed E-state index contributed by atoms with van der Waals surface area (Å²) in [5.74, 6) is 0. The van der Waals surface area contributed by atoms with Crippen LogP contribution in [-0.2, 0) is 6.54 Å². The maximum absolute atomic E-state index is 4.44. The fourth-order valence-electron chi connectivity index (χ4n) is 3.04. The van der Waals surface area contributed by atoms with Crippen LogP contribution >= 0.6 is 24.8 Å². The predicted molar refractivity (Wildman–Crippen MR) is 81.1 cm³/mol. The van der Waals surface area contributed by atoms with E-state index in [4.69, 9.17) is 0 Å². The molecular formula is C13H22Cl2N4. The van der Waals surface area contributed by atoms with Crippen molar-refractivity contribution in [2.45, 2.75) is 26.3 Å². The van der Waals surface area contributed by atoms with Crippen LogP contribution in [0.4, 0.5) is 0 Å². The molecule has 0 aliphatic carbocycles. The maximum Gasteiger partial charge on any atom is 0.0727 e. The van der Waals surface area contributed by atoms with Gasteiger partial charge in [-0.25, -0.2) is 0 Å². The smallest absolute Gasteiger partial charge is 0.0727 e. The summed E-state index contributed by atoms with van der Waals surface area (Å²) in [6.07, 6.45) is 6.44. The highest BCUT2D eigenvalue weighted by atomic mass is 35.5. The minimum atomic E-state index is 0. The lowest BCUT2D eigenvalue weighted by atomic mass is 9.87. The van der Waals surface area contributed by atoms with Gasteiger partial charge in [-0.2, -0.15) is 0 Å². The molecule has 4 nitrogen and oxygen atoms in total. The highest BCUT2D eigenvalue weighted by Crippen LogP contribution is 2.36. The normalized spacial score (nSPS) is 26.2. The topological polar surface area (TPSA) is 41.1 Å². The number of aryl methyl sites for hydroxylation is 1. The molecule has 1 spiro atoms. The molecule has 0 saturated carbocycles. The van der Waals surface area contributed by atoms with Crippen LogP contribution in [-0.4, -0.2) is 41.0 Å². The lowest BCUT2D eigenvalue weighted by Crippen LogP contribution is -2.29. The van der Waals surface area contributed by atoms with Crippen molar-refractivity contribution in [3.05, 3.63) is 23.8 Å². The van der Waals surface area contributed by atoms with E-state index in [0.717, 1.165) is 17.9 Å². The lowest BCUT2D eigenvalue weighted by molar-refractivity contribution is 0.266. The average molecular weight is 305 g/mol. The first kappa shape index (κ1) is 16.6. The molecule has 3 heterocycles. The van der Waals surface area contributed by atoms with Gasteiger partial charge in [-0.3, -0.25) is 14.9 Å². The van der Waals surface area contributed by atoms with Gasteiger partial charge in [0.1, 0.15) is 0 Å². The van der Waals surface area contributed by atoms with Crippen LogP contribution in [0.2, 0.25) is 0 Å². The first-order valence-corrected chi connectivity index (χ1v) is 6.46. The van der Waals surface area contributed by atoms with Crippen molar-refractivity contribution in [2.75, 3.05) is 26.2 Å². The maximum atomic E-state index is 4.44. The van der Waals surface area contributed by atoms with Crippen molar-refractivity contribution >= 4 is 24.8 Å². The number of aromatic nitrogens is 2. The highest BCUT2D eigenvalue weighted by molar-refractivity contribution is 5.85. The summed E-state index contributed by atoms with van der Waals surface area (Å²) >= 11 is 0. The molecule has 2 saturated heterocycles. The van der Waals surface area contributed by atoms with Gasteiger partial charge in [-0.15, -0.1) is 24.8 Å². The molecule has 1 aromatic heterocycles. The van der Waals surface area contributed by atoms with Crippen LogP contribution in [0.15, 0.2) is 12.4 Å². The standard InChI is InChI=1S/C13H20N4.2ClH/c1-11-6-16-12(7-15-11)8-17-5-3-13(10-17)2-4-14-9-13;;/h6-7,14H,2-5,8-10H2,1H3;2*1H. The Hall–Kier alpha value is -0.420. The largest absolute Gasteiger partial charge is 0.316 e. The SMILES string of the molecule is Cc1cnc(CN2CCC3(CCNC3)C2)cn1.Cl.Cl. The van der Waals surface area contributed by atoms with Crippen molar-refractivity contribution in [1.82, 2.24) is 20.2 Å². The van der Waals surface area contributed by atoms with Crippen LogP contribution in [0, 0.1) is 12.3 Å². The van der Waals surface area contributed by atoms with Gasteiger partial charge in [-0.05, 0) is 38.3 Å². The summed E-state index contributed by atoms with van der Waals surface area (Å²) in [5, 5.41) is 3.49. The van der Waals surface area contributed by atoms with Gasteiger partial charge < -0.3 is 5.32 Å². The van der Waals surface area contributed by atoms with Gasteiger partial charge in [0.05, 0.1) is 11.4 Å². The molecule has 1 N–H and O–H groups in total. The number of nitrogens with one attached hydrogen (secondary N) is 1. The van der Waals surface area contributed by atoms with Gasteiger partial charge >= 0.3 is 0 Å². The van der Waals surface area contributed by atoms with E-state index < -0.39 is 0 Å². The molecule has 1 aromatic rings. The van der Waals surface area contributed by atoms with Gasteiger partial charge in [0, 0.05) is 32.0 Å². The van der Waals surface area contributed by atoms with Crippen LogP contribution < -0.4 is 5.32 Å². The van der Waals surface area contributed by atoms with Gasteiger partial charge in [0.2, 0.25) is 0 Å². The van der Waals surface area contributed by atoms with Crippen LogP contribution in [0.5, 0.6) is 0 Å². The Morgan fingerprint density at radius 2 is 2.11 bits per heavy atom. The lowest BCUT2D eigenvalue weighted by Gasteiger charge is -2.22. The van der Waals surface area contributed by atoms with E-state index in [1.54, 1.807) is 0 Å². The third kappa shape index (κ3) is 3.78. The Kier molecular flexibility index (Phi) is 5.99. The highest BCUT2D eigenvalue weighted by Gasteiger charge is 2.40. The summed E-state index contributed by atoms with van der Waals surface area (Å²) in [4.78, 5) is 11.3. The average Bonchev–Trinajstić information content (AvgIpc) is 2.94. The van der Waals surface area contributed by atoms with E-state index >= 15 is 0 Å². The second-order valence-corrected chi connectivity index (χ2v) is 5.54. The minimum Gasteiger partial charge on any atom is -0.316 e. The van der Waals surface area contributed by atoms with Gasteiger partial charge in [-0.1, -0.05) is 0 Å². The predicted octanol–water partition coefficient (Wildman–Crippen LogP) is 1.81. The van der Waals surface area contributed by atoms with Crippen LogP contribution in [0.1, 0.15) is 24.2 Å². The molecule has 2 fully saturated rings.